The maximum Gasteiger partial charge on any atom is 0.320 e. The van der Waals surface area contributed by atoms with Crippen LogP contribution in [0, 0.1) is 6.92 Å². The predicted molar refractivity (Wildman–Crippen MR) is 86.9 cm³/mol. The van der Waals surface area contributed by atoms with Gasteiger partial charge in [0.15, 0.2) is 0 Å². The summed E-state index contributed by atoms with van der Waals surface area (Å²) >= 11 is 0. The lowest BCUT2D eigenvalue weighted by Gasteiger charge is -2.22. The molecular weight excluding hydrogens is 300 g/mol. The van der Waals surface area contributed by atoms with Crippen molar-refractivity contribution in [1.82, 2.24) is 4.72 Å². The molecule has 0 spiro atoms. The summed E-state index contributed by atoms with van der Waals surface area (Å²) < 4.78 is 15.6. The van der Waals surface area contributed by atoms with Crippen LogP contribution in [0.3, 0.4) is 0 Å². The smallest absolute Gasteiger partial charge is 0.320 e. The van der Waals surface area contributed by atoms with Crippen LogP contribution < -0.4 is 10.5 Å². The second-order valence-corrected chi connectivity index (χ2v) is 7.20. The first-order valence-electron chi connectivity index (χ1n) is 7.73. The Kier molecular flexibility index (Phi) is 6.11. The van der Waals surface area contributed by atoms with Gasteiger partial charge in [-0.1, -0.05) is 25.3 Å². The number of aliphatic carboxylic acids is 1. The number of hydrogen-bond acceptors (Lipinski definition) is 3. The molecule has 1 aliphatic rings. The normalized spacial score (nSPS) is 18.8. The first kappa shape index (κ1) is 17.1. The van der Waals surface area contributed by atoms with E-state index in [9.17, 15) is 9.00 Å². The predicted octanol–water partition coefficient (Wildman–Crippen LogP) is 1.89. The van der Waals surface area contributed by atoms with E-state index in [0.717, 1.165) is 24.0 Å². The van der Waals surface area contributed by atoms with Crippen LogP contribution in [0.4, 0.5) is 0 Å². The van der Waals surface area contributed by atoms with Crippen molar-refractivity contribution in [3.05, 3.63) is 29.3 Å². The van der Waals surface area contributed by atoms with Crippen LogP contribution in [0.2, 0.25) is 0 Å². The van der Waals surface area contributed by atoms with E-state index in [1.54, 1.807) is 0 Å². The van der Waals surface area contributed by atoms with Gasteiger partial charge < -0.3 is 10.8 Å². The van der Waals surface area contributed by atoms with Crippen molar-refractivity contribution < 1.29 is 14.1 Å². The van der Waals surface area contributed by atoms with Crippen LogP contribution in [0.1, 0.15) is 43.2 Å². The zero-order valence-electron chi connectivity index (χ0n) is 12.9. The molecule has 1 fully saturated rings. The minimum absolute atomic E-state index is 0.246. The van der Waals surface area contributed by atoms with Gasteiger partial charge in [0.25, 0.3) is 0 Å². The molecule has 1 aromatic carbocycles. The van der Waals surface area contributed by atoms with Gasteiger partial charge in [-0.15, -0.1) is 0 Å². The van der Waals surface area contributed by atoms with Crippen molar-refractivity contribution >= 4 is 17.0 Å². The van der Waals surface area contributed by atoms with E-state index in [1.165, 1.54) is 19.3 Å². The van der Waals surface area contributed by atoms with E-state index in [1.807, 2.05) is 25.1 Å². The van der Waals surface area contributed by atoms with Gasteiger partial charge in [0.1, 0.15) is 17.0 Å². The Labute approximate surface area is 133 Å². The Morgan fingerprint density at radius 2 is 2.09 bits per heavy atom. The lowest BCUT2D eigenvalue weighted by atomic mass is 9.96. The number of nitrogens with two attached hydrogens (primary N) is 1. The molecule has 6 heteroatoms. The Morgan fingerprint density at radius 3 is 2.73 bits per heavy atom. The van der Waals surface area contributed by atoms with E-state index >= 15 is 0 Å². The molecule has 0 aliphatic heterocycles. The molecule has 22 heavy (non-hydrogen) atoms. The van der Waals surface area contributed by atoms with Gasteiger partial charge in [-0.25, -0.2) is 8.93 Å². The van der Waals surface area contributed by atoms with Crippen molar-refractivity contribution in [3.63, 3.8) is 0 Å². The number of hydrogen-bond donors (Lipinski definition) is 3. The third-order valence-electron chi connectivity index (χ3n) is 4.17. The molecule has 1 aromatic rings. The van der Waals surface area contributed by atoms with Crippen LogP contribution in [-0.4, -0.2) is 27.4 Å². The SMILES string of the molecule is Cc1ccc(S(=O)NC2CCCCC2)cc1CC(N)C(=O)O. The van der Waals surface area contributed by atoms with Gasteiger partial charge >= 0.3 is 5.97 Å². The van der Waals surface area contributed by atoms with E-state index < -0.39 is 23.0 Å². The summed E-state index contributed by atoms with van der Waals surface area (Å²) in [5.74, 6) is -1.02. The fraction of sp³-hybridized carbons (Fsp3) is 0.562. The number of aryl methyl sites for hydroxylation is 1. The van der Waals surface area contributed by atoms with Crippen LogP contribution in [0.15, 0.2) is 23.1 Å². The summed E-state index contributed by atoms with van der Waals surface area (Å²) in [6.45, 7) is 1.91. The van der Waals surface area contributed by atoms with Crippen molar-refractivity contribution in [1.29, 1.82) is 0 Å². The Balaban J connectivity index is 2.07. The number of carboxylic acid groups (broad SMARTS) is 1. The van der Waals surface area contributed by atoms with Gasteiger partial charge in [0.2, 0.25) is 0 Å². The second-order valence-electron chi connectivity index (χ2n) is 5.96. The summed E-state index contributed by atoms with van der Waals surface area (Å²) in [7, 11) is -1.26. The highest BCUT2D eigenvalue weighted by molar-refractivity contribution is 7.83. The number of benzene rings is 1. The molecular formula is C16H24N2O3S. The summed E-state index contributed by atoms with van der Waals surface area (Å²) in [5.41, 5.74) is 7.41. The lowest BCUT2D eigenvalue weighted by Crippen LogP contribution is -2.33. The van der Waals surface area contributed by atoms with Crippen LogP contribution in [-0.2, 0) is 22.2 Å². The highest BCUT2D eigenvalue weighted by atomic mass is 32.2. The molecule has 0 saturated heterocycles. The Hall–Kier alpha value is -1.24. The van der Waals surface area contributed by atoms with E-state index in [4.69, 9.17) is 10.8 Å². The van der Waals surface area contributed by atoms with Crippen molar-refractivity contribution in [2.45, 2.75) is 62.4 Å². The number of carbonyl (C=O) groups is 1. The van der Waals surface area contributed by atoms with Crippen LogP contribution in [0.5, 0.6) is 0 Å². The molecule has 1 saturated carbocycles. The average Bonchev–Trinajstić information content (AvgIpc) is 2.50. The molecule has 2 rings (SSSR count). The largest absolute Gasteiger partial charge is 0.480 e. The summed E-state index contributed by atoms with van der Waals surface area (Å²) in [6.07, 6.45) is 5.99. The minimum Gasteiger partial charge on any atom is -0.480 e. The second kappa shape index (κ2) is 7.85. The number of rotatable bonds is 6. The summed E-state index contributed by atoms with van der Waals surface area (Å²) in [5, 5.41) is 8.93. The average molecular weight is 324 g/mol. The molecule has 122 valence electrons. The topological polar surface area (TPSA) is 92.4 Å². The van der Waals surface area contributed by atoms with Crippen LogP contribution >= 0.6 is 0 Å². The van der Waals surface area contributed by atoms with Gasteiger partial charge in [-0.3, -0.25) is 4.79 Å². The fourth-order valence-electron chi connectivity index (χ4n) is 2.75. The van der Waals surface area contributed by atoms with E-state index in [0.29, 0.717) is 10.9 Å². The molecule has 2 unspecified atom stereocenters. The van der Waals surface area contributed by atoms with E-state index in [2.05, 4.69) is 4.72 Å². The Morgan fingerprint density at radius 1 is 1.41 bits per heavy atom. The third kappa shape index (κ3) is 4.63. The van der Waals surface area contributed by atoms with Gasteiger partial charge in [0, 0.05) is 6.04 Å². The number of carboxylic acids is 1. The molecule has 4 N–H and O–H groups in total. The third-order valence-corrected chi connectivity index (χ3v) is 5.40. The zero-order chi connectivity index (χ0) is 16.1. The molecule has 0 aromatic heterocycles. The highest BCUT2D eigenvalue weighted by Crippen LogP contribution is 2.20. The van der Waals surface area contributed by atoms with Gasteiger partial charge in [-0.05, 0) is 49.4 Å². The monoisotopic (exact) mass is 324 g/mol. The first-order chi connectivity index (χ1) is 10.5. The standard InChI is InChI=1S/C16H24N2O3S/c1-11-7-8-14(9-12(11)10-15(17)16(19)20)22(21)18-13-5-3-2-4-6-13/h7-9,13,15,18H,2-6,10,17H2,1H3,(H,19,20). The van der Waals surface area contributed by atoms with Crippen molar-refractivity contribution in [2.24, 2.45) is 5.73 Å². The molecule has 1 aliphatic carbocycles. The molecule has 0 bridgehead atoms. The molecule has 0 heterocycles. The number of nitrogens with one attached hydrogen (secondary N) is 1. The minimum atomic E-state index is -1.26. The quantitative estimate of drug-likeness (QED) is 0.745. The van der Waals surface area contributed by atoms with Gasteiger partial charge in [-0.2, -0.15) is 0 Å². The molecule has 0 amide bonds. The first-order valence-corrected chi connectivity index (χ1v) is 8.88. The van der Waals surface area contributed by atoms with Gasteiger partial charge in [0.05, 0.1) is 4.90 Å². The highest BCUT2D eigenvalue weighted by Gasteiger charge is 2.18. The summed E-state index contributed by atoms with van der Waals surface area (Å²) in [6, 6.07) is 4.88. The van der Waals surface area contributed by atoms with Crippen molar-refractivity contribution in [3.8, 4) is 0 Å². The maximum absolute atomic E-state index is 12.4. The summed E-state index contributed by atoms with van der Waals surface area (Å²) in [4.78, 5) is 11.6. The van der Waals surface area contributed by atoms with Crippen LogP contribution in [0.25, 0.3) is 0 Å². The Bertz CT molecular complexity index is 556. The molecule has 2 atom stereocenters. The maximum atomic E-state index is 12.4. The molecule has 0 radical (unpaired) electrons. The van der Waals surface area contributed by atoms with Crippen molar-refractivity contribution in [2.75, 3.05) is 0 Å². The van der Waals surface area contributed by atoms with E-state index in [-0.39, 0.29) is 6.42 Å². The zero-order valence-corrected chi connectivity index (χ0v) is 13.7. The molecule has 5 nitrogen and oxygen atoms in total. The fourth-order valence-corrected chi connectivity index (χ4v) is 3.86. The lowest BCUT2D eigenvalue weighted by molar-refractivity contribution is -0.138.